The largest absolute Gasteiger partial charge is 0.481 e. The maximum absolute atomic E-state index is 13.2. The van der Waals surface area contributed by atoms with Gasteiger partial charge in [0.1, 0.15) is 11.6 Å². The number of halogens is 1. The van der Waals surface area contributed by atoms with Crippen molar-refractivity contribution in [2.75, 3.05) is 13.1 Å². The molecule has 5 heteroatoms. The second-order valence-corrected chi connectivity index (χ2v) is 4.63. The smallest absolute Gasteiger partial charge is 0.263 e. The molecule has 0 heterocycles. The van der Waals surface area contributed by atoms with Crippen LogP contribution < -0.4 is 4.74 Å². The molecule has 4 nitrogen and oxygen atoms in total. The summed E-state index contributed by atoms with van der Waals surface area (Å²) < 4.78 is 18.8. The summed E-state index contributed by atoms with van der Waals surface area (Å²) in [5.41, 5.74) is 0.337. The lowest BCUT2D eigenvalue weighted by Crippen LogP contribution is -2.40. The number of nitrogens with zero attached hydrogens (tertiary/aromatic N) is 1. The number of ether oxygens (including phenoxy) is 1. The number of aliphatic hydroxyl groups excluding tert-OH is 1. The summed E-state index contributed by atoms with van der Waals surface area (Å²) in [5, 5.41) is 9.64. The molecule has 1 amide bonds. The van der Waals surface area contributed by atoms with Crippen molar-refractivity contribution in [2.24, 2.45) is 0 Å². The van der Waals surface area contributed by atoms with Gasteiger partial charge in [0.05, 0.1) is 6.10 Å². The van der Waals surface area contributed by atoms with Crippen LogP contribution in [0.15, 0.2) is 18.2 Å². The zero-order chi connectivity index (χ0) is 15.3. The van der Waals surface area contributed by atoms with Crippen LogP contribution in [0.1, 0.15) is 39.4 Å². The maximum atomic E-state index is 13.2. The lowest BCUT2D eigenvalue weighted by atomic mass is 10.1. The van der Waals surface area contributed by atoms with Crippen molar-refractivity contribution in [3.63, 3.8) is 0 Å². The summed E-state index contributed by atoms with van der Waals surface area (Å²) in [5.74, 6) is -0.249. The van der Waals surface area contributed by atoms with Crippen molar-refractivity contribution in [1.29, 1.82) is 0 Å². The summed E-state index contributed by atoms with van der Waals surface area (Å²) in [7, 11) is 0. The van der Waals surface area contributed by atoms with E-state index < -0.39 is 18.0 Å². The third-order valence-corrected chi connectivity index (χ3v) is 3.15. The molecule has 0 aliphatic rings. The molecule has 0 radical (unpaired) electrons. The zero-order valence-electron chi connectivity index (χ0n) is 12.4. The Bertz CT molecular complexity index is 458. The molecule has 1 aromatic carbocycles. The van der Waals surface area contributed by atoms with Gasteiger partial charge in [-0.25, -0.2) is 4.39 Å². The van der Waals surface area contributed by atoms with Crippen LogP contribution in [-0.2, 0) is 4.79 Å². The lowest BCUT2D eigenvalue weighted by Gasteiger charge is -2.24. The van der Waals surface area contributed by atoms with Crippen molar-refractivity contribution >= 4 is 5.91 Å². The van der Waals surface area contributed by atoms with Gasteiger partial charge in [-0.15, -0.1) is 0 Å². The normalized spacial score (nSPS) is 13.7. The molecule has 0 saturated heterocycles. The Balaban J connectivity index is 2.90. The molecule has 0 fully saturated rings. The van der Waals surface area contributed by atoms with E-state index in [1.165, 1.54) is 25.1 Å². The van der Waals surface area contributed by atoms with E-state index in [-0.39, 0.29) is 5.91 Å². The molecule has 0 bridgehead atoms. The van der Waals surface area contributed by atoms with Gasteiger partial charge in [-0.2, -0.15) is 0 Å². The fourth-order valence-corrected chi connectivity index (χ4v) is 1.99. The maximum Gasteiger partial charge on any atom is 0.263 e. The standard InChI is InChI=1S/C15H22FNO3/c1-5-17(6-2)15(19)11(4)20-14-8-7-12(16)9-13(14)10(3)18/h7-11,18H,5-6H2,1-4H3/t10-,11?/m0/s1. The predicted octanol–water partition coefficient (Wildman–Crippen LogP) is 2.51. The Hall–Kier alpha value is -1.62. The molecule has 1 rings (SSSR count). The highest BCUT2D eigenvalue weighted by Crippen LogP contribution is 2.27. The fraction of sp³-hybridized carbons (Fsp3) is 0.533. The number of benzene rings is 1. The molecular formula is C15H22FNO3. The molecule has 0 aromatic heterocycles. The van der Waals surface area contributed by atoms with E-state index in [0.29, 0.717) is 24.4 Å². The Kier molecular flexibility index (Phi) is 5.95. The van der Waals surface area contributed by atoms with E-state index in [1.54, 1.807) is 11.8 Å². The molecule has 0 aliphatic heterocycles. The molecule has 1 aromatic rings. The summed E-state index contributed by atoms with van der Waals surface area (Å²) in [6, 6.07) is 3.90. The number of carbonyl (C=O) groups excluding carboxylic acids is 1. The molecule has 0 spiro atoms. The number of aliphatic hydroxyl groups is 1. The van der Waals surface area contributed by atoms with Gasteiger partial charge in [-0.05, 0) is 45.9 Å². The van der Waals surface area contributed by atoms with E-state index in [1.807, 2.05) is 13.8 Å². The van der Waals surface area contributed by atoms with Gasteiger partial charge in [-0.1, -0.05) is 0 Å². The first-order chi connectivity index (χ1) is 9.40. The third-order valence-electron chi connectivity index (χ3n) is 3.15. The molecule has 1 unspecified atom stereocenters. The number of carbonyl (C=O) groups is 1. The number of amides is 1. The minimum Gasteiger partial charge on any atom is -0.481 e. The molecule has 0 aliphatic carbocycles. The van der Waals surface area contributed by atoms with Gasteiger partial charge in [0, 0.05) is 18.7 Å². The quantitative estimate of drug-likeness (QED) is 0.872. The van der Waals surface area contributed by atoms with Crippen molar-refractivity contribution < 1.29 is 19.0 Å². The van der Waals surface area contributed by atoms with Crippen LogP contribution in [-0.4, -0.2) is 35.1 Å². The SMILES string of the molecule is CCN(CC)C(=O)C(C)Oc1ccc(F)cc1[C@H](C)O. The van der Waals surface area contributed by atoms with E-state index >= 15 is 0 Å². The van der Waals surface area contributed by atoms with Gasteiger partial charge in [0.15, 0.2) is 6.10 Å². The van der Waals surface area contributed by atoms with Crippen LogP contribution in [0, 0.1) is 5.82 Å². The van der Waals surface area contributed by atoms with Crippen molar-refractivity contribution in [3.8, 4) is 5.75 Å². The summed E-state index contributed by atoms with van der Waals surface area (Å²) >= 11 is 0. The van der Waals surface area contributed by atoms with Crippen LogP contribution in [0.4, 0.5) is 4.39 Å². The minimum atomic E-state index is -0.864. The highest BCUT2D eigenvalue weighted by Gasteiger charge is 2.21. The highest BCUT2D eigenvalue weighted by atomic mass is 19.1. The summed E-state index contributed by atoms with van der Waals surface area (Å²) in [6.45, 7) is 8.18. The van der Waals surface area contributed by atoms with Gasteiger partial charge < -0.3 is 14.7 Å². The average Bonchev–Trinajstić information content (AvgIpc) is 2.41. The molecule has 2 atom stereocenters. The average molecular weight is 283 g/mol. The molecule has 1 N–H and O–H groups in total. The van der Waals surface area contributed by atoms with E-state index in [4.69, 9.17) is 4.74 Å². The summed E-state index contributed by atoms with van der Waals surface area (Å²) in [4.78, 5) is 13.8. The fourth-order valence-electron chi connectivity index (χ4n) is 1.99. The molecule has 0 saturated carbocycles. The Morgan fingerprint density at radius 3 is 2.45 bits per heavy atom. The van der Waals surface area contributed by atoms with Crippen molar-refractivity contribution in [2.45, 2.75) is 39.9 Å². The van der Waals surface area contributed by atoms with Gasteiger partial charge in [0.25, 0.3) is 5.91 Å². The van der Waals surface area contributed by atoms with Crippen LogP contribution >= 0.6 is 0 Å². The molecular weight excluding hydrogens is 261 g/mol. The molecule has 112 valence electrons. The van der Waals surface area contributed by atoms with Crippen LogP contribution in [0.3, 0.4) is 0 Å². The number of hydrogen-bond acceptors (Lipinski definition) is 3. The van der Waals surface area contributed by atoms with Crippen molar-refractivity contribution in [3.05, 3.63) is 29.6 Å². The van der Waals surface area contributed by atoms with Gasteiger partial charge in [0.2, 0.25) is 0 Å². The Labute approximate surface area is 119 Å². The molecule has 20 heavy (non-hydrogen) atoms. The number of likely N-dealkylation sites (N-methyl/N-ethyl adjacent to an activating group) is 1. The summed E-state index contributed by atoms with van der Waals surface area (Å²) in [6.07, 6.45) is -1.55. The highest BCUT2D eigenvalue weighted by molar-refractivity contribution is 5.80. The van der Waals surface area contributed by atoms with E-state index in [2.05, 4.69) is 0 Å². The number of rotatable bonds is 6. The van der Waals surface area contributed by atoms with Gasteiger partial charge in [-0.3, -0.25) is 4.79 Å². The predicted molar refractivity (Wildman–Crippen MR) is 75.1 cm³/mol. The topological polar surface area (TPSA) is 49.8 Å². The van der Waals surface area contributed by atoms with E-state index in [9.17, 15) is 14.3 Å². The number of hydrogen-bond donors (Lipinski definition) is 1. The Morgan fingerprint density at radius 1 is 1.35 bits per heavy atom. The lowest BCUT2D eigenvalue weighted by molar-refractivity contribution is -0.137. The first kappa shape index (κ1) is 16.4. The third kappa shape index (κ3) is 3.93. The van der Waals surface area contributed by atoms with E-state index in [0.717, 1.165) is 0 Å². The van der Waals surface area contributed by atoms with Crippen LogP contribution in [0.2, 0.25) is 0 Å². The van der Waals surface area contributed by atoms with Crippen LogP contribution in [0.25, 0.3) is 0 Å². The van der Waals surface area contributed by atoms with Crippen LogP contribution in [0.5, 0.6) is 5.75 Å². The minimum absolute atomic E-state index is 0.129. The monoisotopic (exact) mass is 283 g/mol. The second-order valence-electron chi connectivity index (χ2n) is 4.63. The first-order valence-electron chi connectivity index (χ1n) is 6.83. The first-order valence-corrected chi connectivity index (χ1v) is 6.83. The Morgan fingerprint density at radius 2 is 1.95 bits per heavy atom. The van der Waals surface area contributed by atoms with Crippen molar-refractivity contribution in [1.82, 2.24) is 4.90 Å². The second kappa shape index (κ2) is 7.24. The zero-order valence-corrected chi connectivity index (χ0v) is 12.4. The van der Waals surface area contributed by atoms with Gasteiger partial charge >= 0.3 is 0 Å².